The van der Waals surface area contributed by atoms with E-state index in [1.807, 2.05) is 113 Å². The smallest absolute Gasteiger partial charge is 0.181 e. The Hall–Kier alpha value is -12.9. The molecule has 0 spiro atoms. The average Bonchev–Trinajstić information content (AvgIpc) is 1.06. The monoisotopic (exact) mass is 2540 g/mol. The zero-order chi connectivity index (χ0) is 105. The van der Waals surface area contributed by atoms with Crippen LogP contribution in [-0.2, 0) is 63.2 Å². The van der Waals surface area contributed by atoms with Crippen molar-refractivity contribution >= 4 is 0 Å². The van der Waals surface area contributed by atoms with Crippen LogP contribution in [0.5, 0.6) is 17.2 Å². The quantitative estimate of drug-likeness (QED) is 0.0372. The van der Waals surface area contributed by atoms with E-state index in [0.717, 1.165) is 79.4 Å². The Labute approximate surface area is 931 Å². The number of hydrogen-bond donors (Lipinski definition) is 3. The number of aromatic nitrogens is 16. The molecule has 11 aromatic carbocycles. The molecule has 7 aromatic heterocycles. The Bertz CT molecular complexity index is 7280. The minimum atomic E-state index is 0. The number of hydrogen-bond acceptors (Lipinski definition) is 13. The van der Waals surface area contributed by atoms with Crippen molar-refractivity contribution in [2.45, 2.75) is 277 Å². The molecule has 0 radical (unpaired) electrons. The average molecular weight is 2540 g/mol. The molecule has 150 heavy (non-hydrogen) atoms. The van der Waals surface area contributed by atoms with Crippen molar-refractivity contribution in [1.82, 2.24) is 77.9 Å². The summed E-state index contributed by atoms with van der Waals surface area (Å²) in [5.74, 6) is 9.11. The predicted octanol–water partition coefficient (Wildman–Crippen LogP) is 33.2. The summed E-state index contributed by atoms with van der Waals surface area (Å²) in [5, 5.41) is 51.8. The van der Waals surface area contributed by atoms with Crippen LogP contribution in [0, 0.1) is 12.1 Å². The van der Waals surface area contributed by atoms with E-state index in [4.69, 9.17) is 40.1 Å². The van der Waals surface area contributed by atoms with Gasteiger partial charge in [-0.2, -0.15) is 15.3 Å². The van der Waals surface area contributed by atoms with E-state index in [9.17, 15) is 15.3 Å². The molecule has 18 rings (SSSR count). The van der Waals surface area contributed by atoms with Crippen LogP contribution in [0.15, 0.2) is 262 Å². The van der Waals surface area contributed by atoms with Gasteiger partial charge in [0, 0.05) is 98.9 Å². The maximum atomic E-state index is 11.2. The Morgan fingerprint density at radius 2 is 0.493 bits per heavy atom. The number of benzene rings is 11. The maximum absolute atomic E-state index is 11.2. The second-order valence-electron chi connectivity index (χ2n) is 43.3. The molecule has 0 unspecified atom stereocenters. The second kappa shape index (κ2) is 49.0. The third-order valence-corrected chi connectivity index (χ3v) is 28.0. The molecule has 18 aromatic rings. The molecule has 0 fully saturated rings. The predicted molar refractivity (Wildman–Crippen MR) is 602 cm³/mol. The Balaban J connectivity index is 0.000000186. The third-order valence-electron chi connectivity index (χ3n) is 28.0. The van der Waals surface area contributed by atoms with Gasteiger partial charge in [-0.05, 0) is 209 Å². The number of rotatable bonds is 29. The van der Waals surface area contributed by atoms with Crippen LogP contribution in [0.4, 0.5) is 0 Å². The first-order chi connectivity index (χ1) is 70.3. The van der Waals surface area contributed by atoms with Crippen LogP contribution >= 0.6 is 0 Å². The van der Waals surface area contributed by atoms with Gasteiger partial charge in [0.25, 0.3) is 0 Å². The number of nitrogens with zero attached hydrogens (tertiary/aromatic N) is 16. The van der Waals surface area contributed by atoms with Gasteiger partial charge in [-0.15, -0.1) is 53.6 Å². The molecular formula is C128H144N16O3Pt3-2. The first-order valence-electron chi connectivity index (χ1n) is 52.6. The van der Waals surface area contributed by atoms with E-state index in [-0.39, 0.29) is 116 Å². The molecule has 0 atom stereocenters. The number of para-hydroxylation sites is 7. The molecular weight excluding hydrogens is 2390 g/mol. The van der Waals surface area contributed by atoms with Crippen molar-refractivity contribution in [2.75, 3.05) is 0 Å². The fraction of sp³-hybridized carbons (Fsp3) is 0.328. The number of aromatic hydroxyl groups is 3. The summed E-state index contributed by atoms with van der Waals surface area (Å²) in [6.45, 7) is 62.5. The fourth-order valence-electron chi connectivity index (χ4n) is 20.0. The second-order valence-corrected chi connectivity index (χ2v) is 43.3. The van der Waals surface area contributed by atoms with E-state index < -0.39 is 0 Å². The maximum Gasteiger partial charge on any atom is 0.181 e. The molecule has 22 heteroatoms. The summed E-state index contributed by atoms with van der Waals surface area (Å²) in [6, 6.07) is 83.2. The van der Waals surface area contributed by atoms with Gasteiger partial charge in [0.2, 0.25) is 0 Å². The summed E-state index contributed by atoms with van der Waals surface area (Å²) >= 11 is 0. The summed E-state index contributed by atoms with van der Waals surface area (Å²) in [7, 11) is 0. The molecule has 0 aliphatic heterocycles. The topological polar surface area (TPSA) is 219 Å². The van der Waals surface area contributed by atoms with E-state index in [0.29, 0.717) is 104 Å². The normalized spacial score (nSPS) is 11.7. The van der Waals surface area contributed by atoms with Gasteiger partial charge in [-0.25, -0.2) is 24.3 Å². The van der Waals surface area contributed by atoms with E-state index in [2.05, 4.69) is 362 Å². The Kier molecular flexibility index (Phi) is 37.3. The van der Waals surface area contributed by atoms with Crippen LogP contribution in [0.25, 0.3) is 136 Å². The molecule has 3 N–H and O–H groups in total. The van der Waals surface area contributed by atoms with Crippen LogP contribution in [0.2, 0.25) is 0 Å². The van der Waals surface area contributed by atoms with Crippen molar-refractivity contribution in [3.05, 3.63) is 352 Å². The summed E-state index contributed by atoms with van der Waals surface area (Å²) in [5.41, 5.74) is 33.2. The molecule has 0 aliphatic carbocycles. The minimum absolute atomic E-state index is 0. The van der Waals surface area contributed by atoms with Crippen molar-refractivity contribution in [2.24, 2.45) is 0 Å². The van der Waals surface area contributed by atoms with Gasteiger partial charge in [0.05, 0.1) is 56.6 Å². The SMILES string of the molecule is CC(C)c1cc(C(C)C)c(-n2cc(-c3[c-]c(-c4ncnn4-c4c(C(C)C)cc(C(C)C)cc4C(C)C)ccc3)nc2-c2ccccc2O)c(C(C)C)c1.CC(C)c1cccc(C(C)C)c1-n1cc(-c2cccc(-c3ncnn3-c3c(C(C)C)cccc3C(C)C)n2)nc1-c1ccccc1O.CC(C)c1cccc(C(C)C)c1-n1cnnc1-c1[c-]c(-c2cn(-c3c(C(C)C)cccc3C(C)C)c(-c3ccccc3O)n2)ccc1.[Pt].[Pt].[Pt]. The zero-order valence-corrected chi connectivity index (χ0v) is 98.7. The Morgan fingerprint density at radius 3 is 0.840 bits per heavy atom. The van der Waals surface area contributed by atoms with Crippen molar-refractivity contribution in [3.63, 3.8) is 0 Å². The number of phenols is 3. The van der Waals surface area contributed by atoms with Gasteiger partial charge in [-0.1, -0.05) is 356 Å². The number of pyridine rings is 1. The van der Waals surface area contributed by atoms with Gasteiger partial charge in [0.1, 0.15) is 70.9 Å². The summed E-state index contributed by atoms with van der Waals surface area (Å²) in [6.07, 6.45) is 11.3. The molecule has 0 saturated carbocycles. The summed E-state index contributed by atoms with van der Waals surface area (Å²) < 4.78 is 12.6. The zero-order valence-electron chi connectivity index (χ0n) is 91.9. The van der Waals surface area contributed by atoms with Crippen LogP contribution in [0.3, 0.4) is 0 Å². The molecule has 7 heterocycles. The van der Waals surface area contributed by atoms with Crippen LogP contribution < -0.4 is 0 Å². The largest absolute Gasteiger partial charge is 0.507 e. The van der Waals surface area contributed by atoms with E-state index in [1.165, 1.54) is 77.9 Å². The van der Waals surface area contributed by atoms with Gasteiger partial charge in [-0.3, -0.25) is 19.5 Å². The van der Waals surface area contributed by atoms with Gasteiger partial charge < -0.3 is 29.0 Å². The number of imidazole rings is 3. The van der Waals surface area contributed by atoms with Gasteiger partial charge >= 0.3 is 0 Å². The minimum Gasteiger partial charge on any atom is -0.507 e. The fourth-order valence-corrected chi connectivity index (χ4v) is 20.0. The first-order valence-corrected chi connectivity index (χ1v) is 52.6. The molecule has 0 bridgehead atoms. The third kappa shape index (κ3) is 23.7. The molecule has 0 aliphatic rings. The van der Waals surface area contributed by atoms with E-state index >= 15 is 0 Å². The Morgan fingerprint density at radius 1 is 0.227 bits per heavy atom. The standard InChI is InChI=1S/C47H56N5O.C41H44N5O.C40H44N6O.3Pt/c1-27(2)35-21-38(29(5)6)44(39(22-35)30(7)8)51-25-42(50-47(51)37-18-13-14-19-43(37)53)33-16-15-17-34(20-33)46-48-26-49-52(46)45-40(31(9)10)23-36(28(3)4)24-41(45)32(11)12;1-25(2)31-17-12-18-32(26(3)4)38(31)45-23-36(43-41(45)35-16-9-10-21-37(35)47)29-14-11-15-30(22-29)40-44-42-24-46(40)39-33(27(5)6)19-13-20-34(39)28(7)8;1-24(2)28-15-11-16-29(25(3)4)37(28)45-22-35(44-39(45)32-14-9-10-21-36(32)47)33-19-13-20-34(43-33)40-41-23-42-46(40)38-30(26(5)6)17-12-18-31(38)27(7)8;;;/h13-19,21-32,53H,1-12H3;9-21,23-28,47H,1-8H3;9-27,47H,1-8H3;;;/q2*-1;;;;. The molecule has 0 saturated heterocycles. The van der Waals surface area contributed by atoms with Crippen molar-refractivity contribution in [3.8, 4) is 154 Å². The van der Waals surface area contributed by atoms with Crippen molar-refractivity contribution < 1.29 is 78.5 Å². The number of phenolic OH excluding ortho intramolecular Hbond substituents is 3. The van der Waals surface area contributed by atoms with Crippen LogP contribution in [0.1, 0.15) is 355 Å². The van der Waals surface area contributed by atoms with Crippen LogP contribution in [-0.4, -0.2) is 93.3 Å². The van der Waals surface area contributed by atoms with Crippen molar-refractivity contribution in [1.29, 1.82) is 0 Å². The first kappa shape index (κ1) is 114. The summed E-state index contributed by atoms with van der Waals surface area (Å²) in [4.78, 5) is 30.3. The molecule has 19 nitrogen and oxygen atoms in total. The molecule has 0 amide bonds. The van der Waals surface area contributed by atoms with E-state index in [1.54, 1.807) is 30.9 Å². The molecule has 786 valence electrons. The van der Waals surface area contributed by atoms with Gasteiger partial charge in [0.15, 0.2) is 5.82 Å².